The molecule has 1 aromatic rings. The predicted molar refractivity (Wildman–Crippen MR) is 77.3 cm³/mol. The lowest BCUT2D eigenvalue weighted by atomic mass is 9.92. The third-order valence-electron chi connectivity index (χ3n) is 3.91. The molecule has 2 atom stereocenters. The van der Waals surface area contributed by atoms with Crippen LogP contribution in [-0.4, -0.2) is 18.6 Å². The maximum Gasteiger partial charge on any atom is 0.0576 e. The van der Waals surface area contributed by atoms with Crippen molar-refractivity contribution in [2.75, 3.05) is 12.5 Å². The minimum atomic E-state index is 0.493. The number of ether oxygens (including phenoxy) is 1. The topological polar surface area (TPSA) is 9.23 Å². The Morgan fingerprint density at radius 3 is 2.89 bits per heavy atom. The number of hydrogen-bond acceptors (Lipinski definition) is 1. The summed E-state index contributed by atoms with van der Waals surface area (Å²) >= 11 is 6.11. The van der Waals surface area contributed by atoms with E-state index >= 15 is 0 Å². The van der Waals surface area contributed by atoms with Crippen molar-refractivity contribution in [3.05, 3.63) is 35.4 Å². The van der Waals surface area contributed by atoms with Crippen molar-refractivity contribution in [2.45, 2.75) is 45.1 Å². The number of benzene rings is 1. The first-order valence-corrected chi connectivity index (χ1v) is 7.55. The molecule has 1 aliphatic rings. The van der Waals surface area contributed by atoms with Crippen LogP contribution in [0.3, 0.4) is 0 Å². The van der Waals surface area contributed by atoms with E-state index in [1.165, 1.54) is 36.8 Å². The summed E-state index contributed by atoms with van der Waals surface area (Å²) in [7, 11) is 0. The molecule has 1 nitrogen and oxygen atoms in total. The van der Waals surface area contributed by atoms with E-state index in [9.17, 15) is 0 Å². The molecule has 1 aliphatic heterocycles. The molecule has 1 saturated heterocycles. The Morgan fingerprint density at radius 2 is 2.22 bits per heavy atom. The van der Waals surface area contributed by atoms with Gasteiger partial charge in [-0.3, -0.25) is 0 Å². The normalized spacial score (nSPS) is 21.1. The number of aryl methyl sites for hydroxylation is 1. The summed E-state index contributed by atoms with van der Waals surface area (Å²) in [5.41, 5.74) is 2.82. The van der Waals surface area contributed by atoms with Gasteiger partial charge in [-0.1, -0.05) is 24.3 Å². The second-order valence-electron chi connectivity index (χ2n) is 5.36. The SMILES string of the molecule is Cc1ccccc1CC(CCl)CCC1CCCO1. The molecule has 1 aromatic carbocycles. The van der Waals surface area contributed by atoms with Crippen molar-refractivity contribution in [3.63, 3.8) is 0 Å². The Bertz CT molecular complexity index is 358. The smallest absolute Gasteiger partial charge is 0.0576 e. The monoisotopic (exact) mass is 266 g/mol. The van der Waals surface area contributed by atoms with E-state index in [0.29, 0.717) is 12.0 Å². The fourth-order valence-corrected chi connectivity index (χ4v) is 2.94. The highest BCUT2D eigenvalue weighted by Gasteiger charge is 2.18. The molecule has 100 valence electrons. The zero-order chi connectivity index (χ0) is 12.8. The minimum Gasteiger partial charge on any atom is -0.378 e. The van der Waals surface area contributed by atoms with Crippen LogP contribution in [0.5, 0.6) is 0 Å². The quantitative estimate of drug-likeness (QED) is 0.696. The second kappa shape index (κ2) is 7.16. The van der Waals surface area contributed by atoms with Gasteiger partial charge in [0.25, 0.3) is 0 Å². The first-order valence-electron chi connectivity index (χ1n) is 7.01. The van der Waals surface area contributed by atoms with Crippen LogP contribution in [0, 0.1) is 12.8 Å². The molecule has 2 heteroatoms. The van der Waals surface area contributed by atoms with E-state index in [1.54, 1.807) is 0 Å². The molecule has 0 aromatic heterocycles. The lowest BCUT2D eigenvalue weighted by Crippen LogP contribution is -2.12. The number of hydrogen-bond donors (Lipinski definition) is 0. The zero-order valence-electron chi connectivity index (χ0n) is 11.2. The summed E-state index contributed by atoms with van der Waals surface area (Å²) in [6.45, 7) is 3.13. The molecule has 0 saturated carbocycles. The van der Waals surface area contributed by atoms with Gasteiger partial charge in [0.05, 0.1) is 6.10 Å². The van der Waals surface area contributed by atoms with Crippen LogP contribution >= 0.6 is 11.6 Å². The molecule has 0 bridgehead atoms. The van der Waals surface area contributed by atoms with E-state index in [-0.39, 0.29) is 0 Å². The van der Waals surface area contributed by atoms with Gasteiger partial charge in [-0.05, 0) is 56.1 Å². The molecule has 0 N–H and O–H groups in total. The van der Waals surface area contributed by atoms with Gasteiger partial charge in [-0.25, -0.2) is 0 Å². The molecule has 2 rings (SSSR count). The lowest BCUT2D eigenvalue weighted by Gasteiger charge is -2.17. The Hall–Kier alpha value is -0.530. The van der Waals surface area contributed by atoms with Gasteiger partial charge in [0.15, 0.2) is 0 Å². The fraction of sp³-hybridized carbons (Fsp3) is 0.625. The van der Waals surface area contributed by atoms with Gasteiger partial charge in [-0.2, -0.15) is 0 Å². The standard InChI is InChI=1S/C16H23ClO/c1-13-5-2-3-6-15(13)11-14(12-17)8-9-16-7-4-10-18-16/h2-3,5-6,14,16H,4,7-12H2,1H3. The van der Waals surface area contributed by atoms with E-state index < -0.39 is 0 Å². The minimum absolute atomic E-state index is 0.493. The highest BCUT2D eigenvalue weighted by Crippen LogP contribution is 2.23. The predicted octanol–water partition coefficient (Wildman–Crippen LogP) is 4.35. The highest BCUT2D eigenvalue weighted by molar-refractivity contribution is 6.18. The highest BCUT2D eigenvalue weighted by atomic mass is 35.5. The van der Waals surface area contributed by atoms with Crippen LogP contribution in [-0.2, 0) is 11.2 Å². The first-order chi connectivity index (χ1) is 8.79. The Morgan fingerprint density at radius 1 is 1.39 bits per heavy atom. The molecule has 18 heavy (non-hydrogen) atoms. The molecular weight excluding hydrogens is 244 g/mol. The third-order valence-corrected chi connectivity index (χ3v) is 4.35. The summed E-state index contributed by atoms with van der Waals surface area (Å²) in [5.74, 6) is 1.33. The summed E-state index contributed by atoms with van der Waals surface area (Å²) in [6, 6.07) is 8.62. The van der Waals surface area contributed by atoms with Crippen molar-refractivity contribution >= 4 is 11.6 Å². The molecule has 0 radical (unpaired) electrons. The maximum absolute atomic E-state index is 6.11. The molecular formula is C16H23ClO. The number of alkyl halides is 1. The third kappa shape index (κ3) is 4.00. The van der Waals surface area contributed by atoms with Gasteiger partial charge in [-0.15, -0.1) is 11.6 Å². The summed E-state index contributed by atoms with van der Waals surface area (Å²) in [6.07, 6.45) is 6.41. The lowest BCUT2D eigenvalue weighted by molar-refractivity contribution is 0.0988. The summed E-state index contributed by atoms with van der Waals surface area (Å²) < 4.78 is 5.68. The van der Waals surface area contributed by atoms with Crippen molar-refractivity contribution < 1.29 is 4.74 Å². The number of rotatable bonds is 6. The van der Waals surface area contributed by atoms with Gasteiger partial charge in [0.2, 0.25) is 0 Å². The maximum atomic E-state index is 6.11. The Kier molecular flexibility index (Phi) is 5.52. The largest absolute Gasteiger partial charge is 0.378 e. The average molecular weight is 267 g/mol. The van der Waals surface area contributed by atoms with E-state index in [1.807, 2.05) is 0 Å². The van der Waals surface area contributed by atoms with Crippen molar-refractivity contribution in [3.8, 4) is 0 Å². The van der Waals surface area contributed by atoms with Gasteiger partial charge in [0, 0.05) is 12.5 Å². The van der Waals surface area contributed by atoms with E-state index in [4.69, 9.17) is 16.3 Å². The molecule has 2 unspecified atom stereocenters. The van der Waals surface area contributed by atoms with Crippen LogP contribution in [0.1, 0.15) is 36.8 Å². The van der Waals surface area contributed by atoms with Crippen LogP contribution < -0.4 is 0 Å². The van der Waals surface area contributed by atoms with Gasteiger partial charge < -0.3 is 4.74 Å². The van der Waals surface area contributed by atoms with Gasteiger partial charge >= 0.3 is 0 Å². The first kappa shape index (κ1) is 13.9. The van der Waals surface area contributed by atoms with Crippen LogP contribution in [0.15, 0.2) is 24.3 Å². The van der Waals surface area contributed by atoms with Crippen molar-refractivity contribution in [2.24, 2.45) is 5.92 Å². The van der Waals surface area contributed by atoms with Crippen molar-refractivity contribution in [1.82, 2.24) is 0 Å². The fourth-order valence-electron chi connectivity index (χ4n) is 2.68. The molecule has 0 spiro atoms. The van der Waals surface area contributed by atoms with Crippen molar-refractivity contribution in [1.29, 1.82) is 0 Å². The summed E-state index contributed by atoms with van der Waals surface area (Å²) in [4.78, 5) is 0. The molecule has 0 aliphatic carbocycles. The Balaban J connectivity index is 1.83. The van der Waals surface area contributed by atoms with E-state index in [0.717, 1.165) is 18.9 Å². The number of halogens is 1. The van der Waals surface area contributed by atoms with Crippen LogP contribution in [0.4, 0.5) is 0 Å². The average Bonchev–Trinajstić information content (AvgIpc) is 2.90. The van der Waals surface area contributed by atoms with Crippen LogP contribution in [0.2, 0.25) is 0 Å². The molecule has 1 heterocycles. The van der Waals surface area contributed by atoms with Gasteiger partial charge in [0.1, 0.15) is 0 Å². The second-order valence-corrected chi connectivity index (χ2v) is 5.67. The Labute approximate surface area is 115 Å². The summed E-state index contributed by atoms with van der Waals surface area (Å²) in [5, 5.41) is 0. The zero-order valence-corrected chi connectivity index (χ0v) is 12.0. The van der Waals surface area contributed by atoms with E-state index in [2.05, 4.69) is 31.2 Å². The molecule has 0 amide bonds. The van der Waals surface area contributed by atoms with Crippen LogP contribution in [0.25, 0.3) is 0 Å². The molecule has 1 fully saturated rings.